The summed E-state index contributed by atoms with van der Waals surface area (Å²) in [5.74, 6) is 1.17. The van der Waals surface area contributed by atoms with Crippen LogP contribution in [0, 0.1) is 22.0 Å². The van der Waals surface area contributed by atoms with Gasteiger partial charge in [0.1, 0.15) is 0 Å². The Balaban J connectivity index is 1.19. The van der Waals surface area contributed by atoms with Gasteiger partial charge in [-0.05, 0) is 79.8 Å². The fraction of sp³-hybridized carbons (Fsp3) is 0.464. The molecular weight excluding hydrogens is 520 g/mol. The number of non-ortho nitro benzene ring substituents is 1. The Bertz CT molecular complexity index is 1230. The van der Waals surface area contributed by atoms with Gasteiger partial charge in [-0.2, -0.15) is 0 Å². The van der Waals surface area contributed by atoms with E-state index in [0.717, 1.165) is 59.0 Å². The smallest absolute Gasteiger partial charge is 0.269 e. The molecule has 1 saturated heterocycles. The van der Waals surface area contributed by atoms with Crippen LogP contribution in [-0.2, 0) is 11.2 Å². The first kappa shape index (κ1) is 24.8. The van der Waals surface area contributed by atoms with E-state index in [1.54, 1.807) is 12.1 Å². The molecule has 36 heavy (non-hydrogen) atoms. The van der Waals surface area contributed by atoms with Crippen LogP contribution in [0.15, 0.2) is 53.1 Å². The molecule has 0 radical (unpaired) electrons. The third-order valence-electron chi connectivity index (χ3n) is 7.92. The summed E-state index contributed by atoms with van der Waals surface area (Å²) in [5, 5.41) is 15.5. The van der Waals surface area contributed by atoms with Gasteiger partial charge >= 0.3 is 0 Å². The zero-order chi connectivity index (χ0) is 25.1. The van der Waals surface area contributed by atoms with Crippen molar-refractivity contribution in [3.8, 4) is 0 Å². The van der Waals surface area contributed by atoms with E-state index in [2.05, 4.69) is 37.2 Å². The van der Waals surface area contributed by atoms with E-state index >= 15 is 0 Å². The quantitative estimate of drug-likeness (QED) is 0.263. The molecule has 2 heterocycles. The molecule has 7 nitrogen and oxygen atoms in total. The number of fused-ring (bicyclic) bond motifs is 1. The summed E-state index contributed by atoms with van der Waals surface area (Å²) in [7, 11) is 0. The van der Waals surface area contributed by atoms with Gasteiger partial charge in [0, 0.05) is 58.5 Å². The molecular formula is C28H33BrN4O3. The van der Waals surface area contributed by atoms with Crippen LogP contribution in [0.3, 0.4) is 0 Å². The van der Waals surface area contributed by atoms with Crippen LogP contribution in [0.2, 0.25) is 0 Å². The Labute approximate surface area is 219 Å². The second kappa shape index (κ2) is 11.0. The van der Waals surface area contributed by atoms with E-state index in [-0.39, 0.29) is 22.6 Å². The van der Waals surface area contributed by atoms with Crippen molar-refractivity contribution in [1.82, 2.24) is 10.3 Å². The number of nitrogens with zero attached hydrogens (tertiary/aromatic N) is 2. The standard InChI is InChI=1S/C28H33BrN4O3/c29-22-7-12-27-25(16-22)21(17-30-27)15-28(34)31-26-6-2-1-5-20(26)14-19-4-3-13-32(18-19)23-8-10-24(11-9-23)33(35)36/h7-12,16-17,19-20,26,30H,1-6,13-15,18H2,(H,31,34)/t19?,20-,26+/m0/s1. The maximum atomic E-state index is 13.1. The van der Waals surface area contributed by atoms with Gasteiger partial charge < -0.3 is 15.2 Å². The van der Waals surface area contributed by atoms with Gasteiger partial charge in [0.15, 0.2) is 0 Å². The van der Waals surface area contributed by atoms with Crippen LogP contribution in [0.25, 0.3) is 10.9 Å². The van der Waals surface area contributed by atoms with Crippen molar-refractivity contribution < 1.29 is 9.72 Å². The summed E-state index contributed by atoms with van der Waals surface area (Å²) in [4.78, 5) is 29.3. The molecule has 2 aromatic carbocycles. The van der Waals surface area contributed by atoms with Crippen molar-refractivity contribution in [3.05, 3.63) is 68.8 Å². The third-order valence-corrected chi connectivity index (χ3v) is 8.41. The number of anilines is 1. The van der Waals surface area contributed by atoms with E-state index in [9.17, 15) is 14.9 Å². The Morgan fingerprint density at radius 2 is 1.92 bits per heavy atom. The number of aromatic amines is 1. The van der Waals surface area contributed by atoms with E-state index in [4.69, 9.17) is 0 Å². The summed E-state index contributed by atoms with van der Waals surface area (Å²) in [6.07, 6.45) is 10.4. The number of nitro benzene ring substituents is 1. The number of hydrogen-bond donors (Lipinski definition) is 2. The minimum Gasteiger partial charge on any atom is -0.371 e. The molecule has 3 atom stereocenters. The second-order valence-corrected chi connectivity index (χ2v) is 11.3. The molecule has 2 aliphatic rings. The molecule has 8 heteroatoms. The zero-order valence-corrected chi connectivity index (χ0v) is 22.0. The van der Waals surface area contributed by atoms with Gasteiger partial charge in [-0.3, -0.25) is 14.9 Å². The topological polar surface area (TPSA) is 91.3 Å². The SMILES string of the molecule is O=C(Cc1c[nH]c2ccc(Br)cc12)N[C@@H]1CCCC[C@H]1CC1CCCN(c2ccc([N+](=O)[O-])cc2)C1. The number of carbonyl (C=O) groups excluding carboxylic acids is 1. The number of hydrogen-bond acceptors (Lipinski definition) is 4. The van der Waals surface area contributed by atoms with E-state index in [1.165, 1.54) is 25.7 Å². The van der Waals surface area contributed by atoms with Gasteiger partial charge in [0.25, 0.3) is 5.69 Å². The first-order valence-corrected chi connectivity index (χ1v) is 13.8. The number of aromatic nitrogens is 1. The third kappa shape index (κ3) is 5.75. The van der Waals surface area contributed by atoms with Crippen molar-refractivity contribution in [2.24, 2.45) is 11.8 Å². The average molecular weight is 554 g/mol. The lowest BCUT2D eigenvalue weighted by Crippen LogP contribution is -2.44. The van der Waals surface area contributed by atoms with Crippen LogP contribution >= 0.6 is 15.9 Å². The normalized spacial score (nSPS) is 22.5. The fourth-order valence-corrected chi connectivity index (χ4v) is 6.47. The van der Waals surface area contributed by atoms with E-state index in [0.29, 0.717) is 18.3 Å². The summed E-state index contributed by atoms with van der Waals surface area (Å²) in [5.41, 5.74) is 3.27. The van der Waals surface area contributed by atoms with E-state index in [1.807, 2.05) is 30.5 Å². The maximum absolute atomic E-state index is 13.1. The van der Waals surface area contributed by atoms with Crippen molar-refractivity contribution in [1.29, 1.82) is 0 Å². The van der Waals surface area contributed by atoms with Crippen LogP contribution in [-0.4, -0.2) is 34.9 Å². The molecule has 1 aliphatic carbocycles. The van der Waals surface area contributed by atoms with Crippen molar-refractivity contribution in [2.45, 2.75) is 57.4 Å². The summed E-state index contributed by atoms with van der Waals surface area (Å²) in [6.45, 7) is 1.96. The first-order chi connectivity index (χ1) is 17.5. The number of benzene rings is 2. The number of halogens is 1. The highest BCUT2D eigenvalue weighted by Crippen LogP contribution is 2.34. The highest BCUT2D eigenvalue weighted by Gasteiger charge is 2.31. The molecule has 1 aromatic heterocycles. The van der Waals surface area contributed by atoms with Crippen molar-refractivity contribution >= 4 is 44.1 Å². The Morgan fingerprint density at radius 3 is 2.72 bits per heavy atom. The Kier molecular flexibility index (Phi) is 7.60. The lowest BCUT2D eigenvalue weighted by Gasteiger charge is -2.39. The monoisotopic (exact) mass is 552 g/mol. The van der Waals surface area contributed by atoms with Gasteiger partial charge in [-0.15, -0.1) is 0 Å². The first-order valence-electron chi connectivity index (χ1n) is 13.0. The molecule has 1 unspecified atom stereocenters. The average Bonchev–Trinajstić information content (AvgIpc) is 3.27. The molecule has 2 N–H and O–H groups in total. The van der Waals surface area contributed by atoms with Gasteiger partial charge in [0.2, 0.25) is 5.91 Å². The van der Waals surface area contributed by atoms with E-state index < -0.39 is 0 Å². The largest absolute Gasteiger partial charge is 0.371 e. The minimum absolute atomic E-state index is 0.101. The number of carbonyl (C=O) groups is 1. The highest BCUT2D eigenvalue weighted by atomic mass is 79.9. The number of H-pyrrole nitrogens is 1. The number of piperidine rings is 1. The maximum Gasteiger partial charge on any atom is 0.269 e. The van der Waals surface area contributed by atoms with Crippen LogP contribution in [0.1, 0.15) is 50.5 Å². The lowest BCUT2D eigenvalue weighted by atomic mass is 9.77. The molecule has 1 amide bonds. The second-order valence-electron chi connectivity index (χ2n) is 10.4. The summed E-state index contributed by atoms with van der Waals surface area (Å²) in [6, 6.07) is 13.3. The van der Waals surface area contributed by atoms with Crippen molar-refractivity contribution in [3.63, 3.8) is 0 Å². The lowest BCUT2D eigenvalue weighted by molar-refractivity contribution is -0.384. The number of nitrogens with one attached hydrogen (secondary N) is 2. The number of rotatable bonds is 7. The van der Waals surface area contributed by atoms with Crippen LogP contribution in [0.4, 0.5) is 11.4 Å². The molecule has 5 rings (SSSR count). The van der Waals surface area contributed by atoms with Crippen molar-refractivity contribution in [2.75, 3.05) is 18.0 Å². The van der Waals surface area contributed by atoms with Gasteiger partial charge in [-0.1, -0.05) is 28.8 Å². The fourth-order valence-electron chi connectivity index (χ4n) is 6.11. The Hall–Kier alpha value is -2.87. The van der Waals surface area contributed by atoms with Gasteiger partial charge in [-0.25, -0.2) is 0 Å². The predicted octanol–water partition coefficient (Wildman–Crippen LogP) is 6.36. The van der Waals surface area contributed by atoms with Gasteiger partial charge in [0.05, 0.1) is 11.3 Å². The molecule has 0 spiro atoms. The Morgan fingerprint density at radius 1 is 1.11 bits per heavy atom. The summed E-state index contributed by atoms with van der Waals surface area (Å²) < 4.78 is 1.01. The zero-order valence-electron chi connectivity index (χ0n) is 20.4. The van der Waals surface area contributed by atoms with Crippen LogP contribution < -0.4 is 10.2 Å². The molecule has 1 aliphatic heterocycles. The number of nitro groups is 1. The minimum atomic E-state index is -0.349. The molecule has 0 bridgehead atoms. The molecule has 2 fully saturated rings. The number of amides is 1. The molecule has 190 valence electrons. The summed E-state index contributed by atoms with van der Waals surface area (Å²) >= 11 is 3.54. The van der Waals surface area contributed by atoms with Crippen LogP contribution in [0.5, 0.6) is 0 Å². The predicted molar refractivity (Wildman–Crippen MR) is 146 cm³/mol. The highest BCUT2D eigenvalue weighted by molar-refractivity contribution is 9.10. The molecule has 1 saturated carbocycles. The molecule has 3 aromatic rings.